The first-order valence-electron chi connectivity index (χ1n) is 17.3. The van der Waals surface area contributed by atoms with E-state index in [9.17, 15) is 31.5 Å². The zero-order chi connectivity index (χ0) is 39.9. The molecule has 12 nitrogen and oxygen atoms in total. The van der Waals surface area contributed by atoms with Crippen molar-refractivity contribution >= 4 is 41.2 Å². The van der Waals surface area contributed by atoms with Gasteiger partial charge in [-0.3, -0.25) is 19.4 Å². The Hall–Kier alpha value is -4.77. The van der Waals surface area contributed by atoms with Gasteiger partial charge in [-0.05, 0) is 72.9 Å². The number of guanidine groups is 1. The SMILES string of the molecule is CC(C)(C)CCN=C(N)N(C(=O)c1ccc(-c2cnn(C3CC3)c2)cc1Cl)[C@H](COC(=O)NC1(C(F)(F)F)CC1)c1ccc(Cl)c(-n2ncnc2C(F)F)c1. The molecule has 0 radical (unpaired) electrons. The van der Waals surface area contributed by atoms with E-state index in [2.05, 4.69) is 20.2 Å². The van der Waals surface area contributed by atoms with Gasteiger partial charge in [0.2, 0.25) is 0 Å². The predicted molar refractivity (Wildman–Crippen MR) is 194 cm³/mol. The number of aliphatic imine (C=N–C) groups is 1. The number of carbonyl (C=O) groups excluding carboxylic acids is 2. The molecule has 2 aliphatic rings. The Morgan fingerprint density at radius 3 is 2.42 bits per heavy atom. The van der Waals surface area contributed by atoms with Crippen molar-refractivity contribution in [2.45, 2.75) is 83.1 Å². The highest BCUT2D eigenvalue weighted by atomic mass is 35.5. The van der Waals surface area contributed by atoms with Crippen molar-refractivity contribution in [2.24, 2.45) is 16.1 Å². The van der Waals surface area contributed by atoms with Gasteiger partial charge in [0, 0.05) is 18.3 Å². The minimum absolute atomic E-state index is 0.0217. The maximum absolute atomic E-state index is 14.7. The maximum Gasteiger partial charge on any atom is 0.411 e. The lowest BCUT2D eigenvalue weighted by atomic mass is 9.92. The number of hydrogen-bond donors (Lipinski definition) is 2. The molecule has 2 heterocycles. The number of amides is 2. The fourth-order valence-electron chi connectivity index (χ4n) is 5.81. The molecule has 0 saturated heterocycles. The van der Waals surface area contributed by atoms with Crippen LogP contribution < -0.4 is 11.1 Å². The minimum Gasteiger partial charge on any atom is -0.447 e. The Morgan fingerprint density at radius 1 is 1.07 bits per heavy atom. The third kappa shape index (κ3) is 9.04. The number of halogens is 7. The molecular weight excluding hydrogens is 772 g/mol. The van der Waals surface area contributed by atoms with Gasteiger partial charge in [-0.25, -0.2) is 23.2 Å². The summed E-state index contributed by atoms with van der Waals surface area (Å²) in [5.74, 6) is -1.89. The maximum atomic E-state index is 14.7. The average Bonchev–Trinajstić information content (AvgIpc) is 4.00. The van der Waals surface area contributed by atoms with Crippen molar-refractivity contribution in [1.82, 2.24) is 34.8 Å². The molecule has 2 aromatic carbocycles. The molecule has 0 spiro atoms. The number of nitrogens with zero attached hydrogens (tertiary/aromatic N) is 7. The first-order valence-corrected chi connectivity index (χ1v) is 18.1. The number of carbonyl (C=O) groups is 2. The van der Waals surface area contributed by atoms with E-state index in [-0.39, 0.29) is 57.6 Å². The van der Waals surface area contributed by atoms with Crippen LogP contribution in [0.2, 0.25) is 10.0 Å². The molecular formula is C36H38Cl2F5N9O3. The van der Waals surface area contributed by atoms with E-state index in [1.807, 2.05) is 37.0 Å². The number of ether oxygens (including phenoxy) is 1. The van der Waals surface area contributed by atoms with Crippen LogP contribution in [0.4, 0.5) is 26.7 Å². The first kappa shape index (κ1) is 39.9. The van der Waals surface area contributed by atoms with E-state index < -0.39 is 48.6 Å². The van der Waals surface area contributed by atoms with Gasteiger partial charge in [0.1, 0.15) is 18.5 Å². The highest BCUT2D eigenvalue weighted by Gasteiger charge is 2.64. The van der Waals surface area contributed by atoms with Gasteiger partial charge in [-0.2, -0.15) is 23.4 Å². The third-order valence-electron chi connectivity index (χ3n) is 9.33. The summed E-state index contributed by atoms with van der Waals surface area (Å²) in [4.78, 5) is 36.7. The minimum atomic E-state index is -4.73. The molecule has 2 fully saturated rings. The molecule has 6 rings (SSSR count). The summed E-state index contributed by atoms with van der Waals surface area (Å²) >= 11 is 13.2. The summed E-state index contributed by atoms with van der Waals surface area (Å²) in [7, 11) is 0. The molecule has 0 unspecified atom stereocenters. The second kappa shape index (κ2) is 15.4. The van der Waals surface area contributed by atoms with E-state index in [4.69, 9.17) is 33.7 Å². The van der Waals surface area contributed by atoms with E-state index in [0.29, 0.717) is 18.0 Å². The molecule has 1 atom stereocenters. The second-order valence-electron chi connectivity index (χ2n) is 14.7. The van der Waals surface area contributed by atoms with Crippen molar-refractivity contribution in [2.75, 3.05) is 13.2 Å². The Bertz CT molecular complexity index is 2090. The highest BCUT2D eigenvalue weighted by Crippen LogP contribution is 2.49. The fraction of sp³-hybridized carbons (Fsp3) is 0.444. The highest BCUT2D eigenvalue weighted by molar-refractivity contribution is 6.34. The van der Waals surface area contributed by atoms with Gasteiger partial charge in [0.25, 0.3) is 12.3 Å². The lowest BCUT2D eigenvalue weighted by molar-refractivity contribution is -0.164. The van der Waals surface area contributed by atoms with Crippen LogP contribution in [0.25, 0.3) is 16.8 Å². The number of rotatable bonds is 12. The predicted octanol–water partition coefficient (Wildman–Crippen LogP) is 8.47. The second-order valence-corrected chi connectivity index (χ2v) is 15.5. The van der Waals surface area contributed by atoms with Crippen molar-refractivity contribution in [3.63, 3.8) is 0 Å². The standard InChI is InChI=1S/C36H38Cl2F5N9O3/c1-34(2,3)12-13-45-32(44)51(31(53)24-8-4-20(14-26(24)38)22-16-47-50(17-22)23-6-7-23)28(18-55-33(54)49-35(10-11-35)36(41,42)43)21-5-9-25(37)27(15-21)52-30(29(39)40)46-19-48-52/h4-5,8-9,14-17,19,23,28-29H,6-7,10-13,18H2,1-3H3,(H2,44,45)(H,49,54)/t28-/m1/s1. The van der Waals surface area contributed by atoms with Gasteiger partial charge in [0.15, 0.2) is 11.8 Å². The zero-order valence-electron chi connectivity index (χ0n) is 30.0. The topological polar surface area (TPSA) is 146 Å². The number of alkyl halides is 5. The van der Waals surface area contributed by atoms with E-state index in [0.717, 1.165) is 34.3 Å². The smallest absolute Gasteiger partial charge is 0.411 e. The molecule has 294 valence electrons. The summed E-state index contributed by atoms with van der Waals surface area (Å²) in [6.07, 6.45) is -2.80. The molecule has 19 heteroatoms. The lowest BCUT2D eigenvalue weighted by Crippen LogP contribution is -2.49. The fourth-order valence-corrected chi connectivity index (χ4v) is 6.26. The number of benzene rings is 2. The van der Waals surface area contributed by atoms with E-state index in [1.165, 1.54) is 24.3 Å². The molecule has 2 amide bonds. The monoisotopic (exact) mass is 809 g/mol. The summed E-state index contributed by atoms with van der Waals surface area (Å²) < 4.78 is 77.0. The van der Waals surface area contributed by atoms with Crippen LogP contribution in [0.15, 0.2) is 60.1 Å². The van der Waals surface area contributed by atoms with E-state index in [1.54, 1.807) is 18.3 Å². The van der Waals surface area contributed by atoms with Crippen LogP contribution in [0.5, 0.6) is 0 Å². The largest absolute Gasteiger partial charge is 0.447 e. The Balaban J connectivity index is 1.42. The lowest BCUT2D eigenvalue weighted by Gasteiger charge is -2.32. The van der Waals surface area contributed by atoms with Gasteiger partial charge in [0.05, 0.1) is 39.6 Å². The third-order valence-corrected chi connectivity index (χ3v) is 9.96. The van der Waals surface area contributed by atoms with Crippen LogP contribution in [0.3, 0.4) is 0 Å². The van der Waals surface area contributed by atoms with Crippen molar-refractivity contribution in [3.05, 3.63) is 82.1 Å². The van der Waals surface area contributed by atoms with Gasteiger partial charge >= 0.3 is 12.3 Å². The molecule has 0 bridgehead atoms. The number of alkyl carbamates (subject to hydrolysis) is 1. The molecule has 55 heavy (non-hydrogen) atoms. The Kier molecular flexibility index (Phi) is 11.2. The molecule has 4 aromatic rings. The van der Waals surface area contributed by atoms with Crippen LogP contribution >= 0.6 is 23.2 Å². The van der Waals surface area contributed by atoms with Gasteiger partial charge < -0.3 is 15.8 Å². The Labute approximate surface area is 322 Å². The van der Waals surface area contributed by atoms with E-state index >= 15 is 0 Å². The number of nitrogens with two attached hydrogens (primary N) is 1. The average molecular weight is 811 g/mol. The molecule has 3 N–H and O–H groups in total. The quantitative estimate of drug-likeness (QED) is 0.0830. The van der Waals surface area contributed by atoms with Crippen LogP contribution in [-0.4, -0.2) is 72.3 Å². The Morgan fingerprint density at radius 2 is 1.80 bits per heavy atom. The van der Waals surface area contributed by atoms with Crippen molar-refractivity contribution in [1.29, 1.82) is 0 Å². The number of aromatic nitrogens is 5. The number of hydrogen-bond acceptors (Lipinski definition) is 7. The summed E-state index contributed by atoms with van der Waals surface area (Å²) in [5, 5.41) is 10.2. The van der Waals surface area contributed by atoms with Crippen molar-refractivity contribution < 1.29 is 36.3 Å². The molecule has 2 aromatic heterocycles. The van der Waals surface area contributed by atoms with Crippen molar-refractivity contribution in [3.8, 4) is 16.8 Å². The van der Waals surface area contributed by atoms with Crippen LogP contribution in [0, 0.1) is 5.41 Å². The zero-order valence-corrected chi connectivity index (χ0v) is 31.5. The van der Waals surface area contributed by atoms with Crippen LogP contribution in [0.1, 0.15) is 93.1 Å². The summed E-state index contributed by atoms with van der Waals surface area (Å²) in [6, 6.07) is 7.70. The van der Waals surface area contributed by atoms with Crippen LogP contribution in [-0.2, 0) is 4.74 Å². The normalized spacial score (nSPS) is 16.2. The van der Waals surface area contributed by atoms with Gasteiger partial charge in [-0.15, -0.1) is 0 Å². The summed E-state index contributed by atoms with van der Waals surface area (Å²) in [5.41, 5.74) is 5.38. The summed E-state index contributed by atoms with van der Waals surface area (Å²) in [6.45, 7) is 5.33. The van der Waals surface area contributed by atoms with Gasteiger partial charge in [-0.1, -0.05) is 56.1 Å². The number of nitrogens with one attached hydrogen (secondary N) is 1. The first-order chi connectivity index (χ1) is 25.9. The molecule has 2 aliphatic carbocycles. The molecule has 2 saturated carbocycles. The molecule has 0 aliphatic heterocycles.